The van der Waals surface area contributed by atoms with Crippen LogP contribution in [0.15, 0.2) is 76.8 Å². The third-order valence-electron chi connectivity index (χ3n) is 5.10. The minimum atomic E-state index is -2.02. The lowest BCUT2D eigenvalue weighted by atomic mass is 9.80. The molecule has 0 radical (unpaired) electrons. The van der Waals surface area contributed by atoms with Gasteiger partial charge in [-0.3, -0.25) is 14.6 Å². The third kappa shape index (κ3) is 3.17. The number of nitrogens with zero attached hydrogens (tertiary/aromatic N) is 2. The van der Waals surface area contributed by atoms with Crippen molar-refractivity contribution in [2.75, 3.05) is 0 Å². The Hall–Kier alpha value is -3.91. The smallest absolute Gasteiger partial charge is 0.360 e. The Bertz CT molecular complexity index is 1350. The van der Waals surface area contributed by atoms with Gasteiger partial charge >= 0.3 is 5.97 Å². The number of fused-ring (bicyclic) bond motifs is 2. The number of para-hydroxylation sites is 2. The van der Waals surface area contributed by atoms with Crippen molar-refractivity contribution >= 4 is 45.7 Å². The number of rotatable bonds is 3. The summed E-state index contributed by atoms with van der Waals surface area (Å²) in [6.45, 7) is 1.27. The summed E-state index contributed by atoms with van der Waals surface area (Å²) < 4.78 is 11.0. The average molecular weight is 430 g/mol. The zero-order valence-electron chi connectivity index (χ0n) is 16.2. The second-order valence-electron chi connectivity index (χ2n) is 7.13. The number of hydrogen-bond donors (Lipinski definition) is 0. The van der Waals surface area contributed by atoms with Crippen molar-refractivity contribution < 1.29 is 23.9 Å². The maximum Gasteiger partial charge on any atom is 0.360 e. The number of carbonyl (C=O) groups is 3. The van der Waals surface area contributed by atoms with Gasteiger partial charge in [-0.1, -0.05) is 12.1 Å². The fourth-order valence-electron chi connectivity index (χ4n) is 3.34. The van der Waals surface area contributed by atoms with Gasteiger partial charge in [-0.2, -0.15) is 11.3 Å². The number of Topliss-reactive ketones (excluding diaryl/α,β-unsaturated/α-hetero) is 1. The minimum Gasteiger partial charge on any atom is -0.464 e. The first-order valence-corrected chi connectivity index (χ1v) is 10.3. The van der Waals surface area contributed by atoms with Gasteiger partial charge in [0, 0.05) is 10.9 Å². The Morgan fingerprint density at radius 2 is 1.94 bits per heavy atom. The van der Waals surface area contributed by atoms with Crippen LogP contribution < -0.4 is 0 Å². The molecule has 0 fully saturated rings. The molecule has 3 heterocycles. The molecule has 2 aromatic heterocycles. The number of benzene rings is 1. The van der Waals surface area contributed by atoms with Crippen LogP contribution in [0, 0.1) is 0 Å². The van der Waals surface area contributed by atoms with E-state index in [1.54, 1.807) is 30.3 Å². The molecule has 0 amide bonds. The standard InChI is InChI=1S/C23H14N2O5S/c1-23(30-22(28)18-10-24-16-4-2-3-5-17(16)25-18)20(26)9-14-8-19(13-6-7-31-12-13)29-11-15(14)21(23)27/h2-12H,1H3. The summed E-state index contributed by atoms with van der Waals surface area (Å²) in [6, 6.07) is 8.90. The van der Waals surface area contributed by atoms with Crippen LogP contribution in [0.2, 0.25) is 0 Å². The van der Waals surface area contributed by atoms with Gasteiger partial charge in [-0.15, -0.1) is 0 Å². The van der Waals surface area contributed by atoms with Crippen LogP contribution in [0.25, 0.3) is 16.8 Å². The first-order chi connectivity index (χ1) is 15.0. The molecule has 0 saturated carbocycles. The highest BCUT2D eigenvalue weighted by atomic mass is 32.1. The molecule has 1 aliphatic carbocycles. The number of esters is 1. The topological polar surface area (TPSA) is 95.5 Å². The fraction of sp³-hybridized carbons (Fsp3) is 0.0870. The molecule has 1 aromatic carbocycles. The molecule has 8 heteroatoms. The summed E-state index contributed by atoms with van der Waals surface area (Å²) in [4.78, 5) is 47.1. The van der Waals surface area contributed by atoms with E-state index in [0.29, 0.717) is 22.4 Å². The van der Waals surface area contributed by atoms with Crippen molar-refractivity contribution in [1.82, 2.24) is 9.97 Å². The summed E-state index contributed by atoms with van der Waals surface area (Å²) in [7, 11) is 0. The van der Waals surface area contributed by atoms with Crippen molar-refractivity contribution in [3.05, 3.63) is 88.1 Å². The van der Waals surface area contributed by atoms with E-state index in [0.717, 1.165) is 5.56 Å². The van der Waals surface area contributed by atoms with Crippen molar-refractivity contribution in [2.45, 2.75) is 12.5 Å². The van der Waals surface area contributed by atoms with E-state index in [4.69, 9.17) is 9.47 Å². The summed E-state index contributed by atoms with van der Waals surface area (Å²) >= 11 is 1.51. The Balaban J connectivity index is 1.45. The van der Waals surface area contributed by atoms with Crippen molar-refractivity contribution in [3.63, 3.8) is 0 Å². The molecule has 1 unspecified atom stereocenters. The fourth-order valence-corrected chi connectivity index (χ4v) is 3.99. The Morgan fingerprint density at radius 3 is 2.71 bits per heavy atom. The highest BCUT2D eigenvalue weighted by molar-refractivity contribution is 7.08. The molecular weight excluding hydrogens is 416 g/mol. The summed E-state index contributed by atoms with van der Waals surface area (Å²) in [5.41, 5.74) is 0.427. The number of ether oxygens (including phenoxy) is 2. The molecular formula is C23H14N2O5S. The summed E-state index contributed by atoms with van der Waals surface area (Å²) in [5.74, 6) is -1.66. The van der Waals surface area contributed by atoms with E-state index in [1.807, 2.05) is 16.8 Å². The molecule has 3 aromatic rings. The quantitative estimate of drug-likeness (QED) is 0.462. The van der Waals surface area contributed by atoms with E-state index in [9.17, 15) is 14.4 Å². The third-order valence-corrected chi connectivity index (χ3v) is 5.78. The van der Waals surface area contributed by atoms with E-state index >= 15 is 0 Å². The van der Waals surface area contributed by atoms with Crippen LogP contribution in [0.3, 0.4) is 0 Å². The number of allylic oxidation sites excluding steroid dienone is 2. The van der Waals surface area contributed by atoms with E-state index in [-0.39, 0.29) is 11.3 Å². The van der Waals surface area contributed by atoms with Gasteiger partial charge in [0.1, 0.15) is 12.0 Å². The zero-order valence-corrected chi connectivity index (χ0v) is 17.0. The van der Waals surface area contributed by atoms with Crippen LogP contribution in [0.5, 0.6) is 0 Å². The summed E-state index contributed by atoms with van der Waals surface area (Å²) in [6.07, 6.45) is 5.46. The SMILES string of the molecule is CC1(OC(=O)c2cnc3ccccc3n2)C(=O)C=C2C=C(c3ccsc3)OC=C2C1=O. The van der Waals surface area contributed by atoms with Crippen molar-refractivity contribution in [3.8, 4) is 0 Å². The molecule has 5 rings (SSSR count). The zero-order chi connectivity index (χ0) is 21.6. The molecule has 31 heavy (non-hydrogen) atoms. The van der Waals surface area contributed by atoms with E-state index in [2.05, 4.69) is 9.97 Å². The molecule has 0 spiro atoms. The number of hydrogen-bond acceptors (Lipinski definition) is 8. The van der Waals surface area contributed by atoms with E-state index < -0.39 is 23.1 Å². The molecule has 0 N–H and O–H groups in total. The normalized spacial score (nSPS) is 20.4. The molecule has 152 valence electrons. The predicted octanol–water partition coefficient (Wildman–Crippen LogP) is 3.64. The van der Waals surface area contributed by atoms with Gasteiger partial charge < -0.3 is 9.47 Å². The molecule has 1 aliphatic heterocycles. The number of thiophene rings is 1. The van der Waals surface area contributed by atoms with Crippen LogP contribution in [0.1, 0.15) is 23.0 Å². The lowest BCUT2D eigenvalue weighted by Gasteiger charge is -2.31. The second kappa shape index (κ2) is 7.10. The monoisotopic (exact) mass is 430 g/mol. The van der Waals surface area contributed by atoms with Crippen molar-refractivity contribution in [1.29, 1.82) is 0 Å². The van der Waals surface area contributed by atoms with Crippen LogP contribution >= 0.6 is 11.3 Å². The van der Waals surface area contributed by atoms with Crippen LogP contribution in [-0.2, 0) is 19.1 Å². The molecule has 7 nitrogen and oxygen atoms in total. The number of carbonyl (C=O) groups excluding carboxylic acids is 3. The largest absolute Gasteiger partial charge is 0.464 e. The highest BCUT2D eigenvalue weighted by Gasteiger charge is 2.49. The van der Waals surface area contributed by atoms with Gasteiger partial charge in [-0.05, 0) is 48.2 Å². The van der Waals surface area contributed by atoms with Crippen LogP contribution in [0.4, 0.5) is 0 Å². The second-order valence-corrected chi connectivity index (χ2v) is 7.91. The Kier molecular flexibility index (Phi) is 4.37. The minimum absolute atomic E-state index is 0.0937. The van der Waals surface area contributed by atoms with Crippen molar-refractivity contribution in [2.24, 2.45) is 0 Å². The Morgan fingerprint density at radius 1 is 1.13 bits per heavy atom. The lowest BCUT2D eigenvalue weighted by molar-refractivity contribution is -0.145. The average Bonchev–Trinajstić information content (AvgIpc) is 3.32. The van der Waals surface area contributed by atoms with Gasteiger partial charge in [0.25, 0.3) is 0 Å². The number of aromatic nitrogens is 2. The molecule has 2 aliphatic rings. The maximum atomic E-state index is 13.1. The molecule has 0 saturated heterocycles. The van der Waals surface area contributed by atoms with Gasteiger partial charge in [0.05, 0.1) is 22.8 Å². The lowest BCUT2D eigenvalue weighted by Crippen LogP contribution is -2.50. The Labute approximate surface area is 180 Å². The highest BCUT2D eigenvalue weighted by Crippen LogP contribution is 2.36. The van der Waals surface area contributed by atoms with Crippen LogP contribution in [-0.4, -0.2) is 33.1 Å². The maximum absolute atomic E-state index is 13.1. The molecule has 0 bridgehead atoms. The predicted molar refractivity (Wildman–Crippen MR) is 113 cm³/mol. The number of ketones is 2. The van der Waals surface area contributed by atoms with Gasteiger partial charge in [-0.25, -0.2) is 9.78 Å². The first-order valence-electron chi connectivity index (χ1n) is 9.33. The van der Waals surface area contributed by atoms with Gasteiger partial charge in [0.2, 0.25) is 17.2 Å². The first kappa shape index (κ1) is 19.1. The summed E-state index contributed by atoms with van der Waals surface area (Å²) in [5, 5.41) is 3.80. The molecule has 1 atom stereocenters. The van der Waals surface area contributed by atoms with E-state index in [1.165, 1.54) is 36.8 Å². The van der Waals surface area contributed by atoms with Gasteiger partial charge in [0.15, 0.2) is 5.69 Å².